The average Bonchev–Trinajstić information content (AvgIpc) is 3.31. The largest absolute Gasteiger partial charge is 0.573 e. The minimum atomic E-state index is -4.79. The fourth-order valence-corrected chi connectivity index (χ4v) is 2.98. The molecule has 0 unspecified atom stereocenters. The lowest BCUT2D eigenvalue weighted by Gasteiger charge is -2.10. The predicted molar refractivity (Wildman–Crippen MR) is 121 cm³/mol. The normalized spacial score (nSPS) is 11.0. The van der Waals surface area contributed by atoms with Gasteiger partial charge in [-0.3, -0.25) is 9.59 Å². The van der Waals surface area contributed by atoms with E-state index in [2.05, 4.69) is 20.4 Å². The molecule has 9 nitrogen and oxygen atoms in total. The first-order valence-electron chi connectivity index (χ1n) is 10.9. The molecule has 12 heteroatoms. The van der Waals surface area contributed by atoms with Crippen molar-refractivity contribution in [1.29, 1.82) is 0 Å². The molecular weight excluding hydrogens is 483 g/mol. The minimum Gasteiger partial charge on any atom is -0.494 e. The van der Waals surface area contributed by atoms with Gasteiger partial charge in [-0.25, -0.2) is 4.98 Å². The molecule has 2 aromatic carbocycles. The Hall–Kier alpha value is -4.22. The third-order valence-electron chi connectivity index (χ3n) is 4.56. The van der Waals surface area contributed by atoms with Crippen LogP contribution >= 0.6 is 0 Å². The maximum absolute atomic E-state index is 12.3. The second-order valence-corrected chi connectivity index (χ2v) is 7.30. The lowest BCUT2D eigenvalue weighted by Crippen LogP contribution is -2.29. The number of amides is 2. The lowest BCUT2D eigenvalue weighted by atomic mass is 10.1. The van der Waals surface area contributed by atoms with Gasteiger partial charge in [0.15, 0.2) is 12.3 Å². The zero-order valence-corrected chi connectivity index (χ0v) is 19.3. The molecule has 0 saturated carbocycles. The van der Waals surface area contributed by atoms with Gasteiger partial charge in [-0.1, -0.05) is 12.1 Å². The highest BCUT2D eigenvalue weighted by Gasteiger charge is 2.31. The smallest absolute Gasteiger partial charge is 0.494 e. The Morgan fingerprint density at radius 2 is 1.75 bits per heavy atom. The third kappa shape index (κ3) is 8.85. The Morgan fingerprint density at radius 1 is 1.00 bits per heavy atom. The first-order chi connectivity index (χ1) is 17.2. The second kappa shape index (κ2) is 12.5. The number of carbonyl (C=O) groups excluding carboxylic acids is 2. The standard InChI is InChI=1S/C24H24F3N3O6/c1-2-33-19-5-3-4-16(12-19)10-11-28-23(32)20-14-35-22(30-20)13-29-21(31)15-34-17-6-8-18(9-7-17)36-24(25,26)27/h3-9,12,14H,2,10-11,13,15H2,1H3,(H,28,32)(H,29,31). The Labute approximate surface area is 204 Å². The fourth-order valence-electron chi connectivity index (χ4n) is 2.98. The van der Waals surface area contributed by atoms with Crippen LogP contribution in [-0.4, -0.2) is 42.9 Å². The van der Waals surface area contributed by atoms with Gasteiger partial charge in [0, 0.05) is 6.54 Å². The molecule has 0 spiro atoms. The molecule has 3 aromatic rings. The summed E-state index contributed by atoms with van der Waals surface area (Å²) in [4.78, 5) is 28.3. The predicted octanol–water partition coefficient (Wildman–Crippen LogP) is 3.64. The molecule has 0 fully saturated rings. The number of hydrogen-bond acceptors (Lipinski definition) is 7. The number of nitrogens with zero attached hydrogens (tertiary/aromatic N) is 1. The summed E-state index contributed by atoms with van der Waals surface area (Å²) in [7, 11) is 0. The Kier molecular flexibility index (Phi) is 9.14. The van der Waals surface area contributed by atoms with Crippen LogP contribution < -0.4 is 24.8 Å². The van der Waals surface area contributed by atoms with E-state index < -0.39 is 30.5 Å². The van der Waals surface area contributed by atoms with E-state index in [1.165, 1.54) is 18.4 Å². The van der Waals surface area contributed by atoms with Crippen LogP contribution in [0.25, 0.3) is 0 Å². The monoisotopic (exact) mass is 507 g/mol. The van der Waals surface area contributed by atoms with Crippen molar-refractivity contribution >= 4 is 11.8 Å². The maximum atomic E-state index is 12.3. The van der Waals surface area contributed by atoms with Crippen molar-refractivity contribution in [2.45, 2.75) is 26.3 Å². The summed E-state index contributed by atoms with van der Waals surface area (Å²) >= 11 is 0. The highest BCUT2D eigenvalue weighted by molar-refractivity contribution is 5.91. The molecule has 0 radical (unpaired) electrons. The van der Waals surface area contributed by atoms with E-state index in [0.717, 1.165) is 23.4 Å². The Morgan fingerprint density at radius 3 is 2.47 bits per heavy atom. The Balaban J connectivity index is 1.37. The summed E-state index contributed by atoms with van der Waals surface area (Å²) in [6, 6.07) is 12.2. The van der Waals surface area contributed by atoms with Gasteiger partial charge in [-0.05, 0) is 55.3 Å². The van der Waals surface area contributed by atoms with Crippen molar-refractivity contribution in [3.63, 3.8) is 0 Å². The number of aromatic nitrogens is 1. The number of benzene rings is 2. The summed E-state index contributed by atoms with van der Waals surface area (Å²) in [5, 5.41) is 5.26. The topological polar surface area (TPSA) is 112 Å². The molecule has 0 bridgehead atoms. The van der Waals surface area contributed by atoms with Gasteiger partial charge < -0.3 is 29.3 Å². The molecule has 0 atom stereocenters. The van der Waals surface area contributed by atoms with Crippen LogP contribution in [-0.2, 0) is 17.8 Å². The third-order valence-corrected chi connectivity index (χ3v) is 4.56. The number of ether oxygens (including phenoxy) is 3. The number of hydrogen-bond donors (Lipinski definition) is 2. The zero-order chi connectivity index (χ0) is 26.0. The lowest BCUT2D eigenvalue weighted by molar-refractivity contribution is -0.274. The minimum absolute atomic E-state index is 0.0692. The second-order valence-electron chi connectivity index (χ2n) is 7.30. The van der Waals surface area contributed by atoms with Crippen LogP contribution in [0.15, 0.2) is 59.2 Å². The molecule has 0 saturated heterocycles. The molecule has 0 aliphatic carbocycles. The van der Waals surface area contributed by atoms with E-state index >= 15 is 0 Å². The molecular formula is C24H24F3N3O6. The highest BCUT2D eigenvalue weighted by Crippen LogP contribution is 2.24. The van der Waals surface area contributed by atoms with Gasteiger partial charge in [0.25, 0.3) is 11.8 Å². The van der Waals surface area contributed by atoms with Crippen molar-refractivity contribution in [3.05, 3.63) is 71.9 Å². The number of rotatable bonds is 12. The number of halogens is 3. The van der Waals surface area contributed by atoms with E-state index in [1.54, 1.807) is 0 Å². The SMILES string of the molecule is CCOc1cccc(CCNC(=O)c2coc(CNC(=O)COc3ccc(OC(F)(F)F)cc3)n2)c1. The molecule has 2 N–H and O–H groups in total. The van der Waals surface area contributed by atoms with Crippen LogP contribution in [0.3, 0.4) is 0 Å². The molecule has 1 heterocycles. The van der Waals surface area contributed by atoms with E-state index in [-0.39, 0.29) is 23.9 Å². The number of alkyl halides is 3. The van der Waals surface area contributed by atoms with E-state index in [9.17, 15) is 22.8 Å². The van der Waals surface area contributed by atoms with Crippen LogP contribution in [0.5, 0.6) is 17.2 Å². The molecule has 1 aromatic heterocycles. The van der Waals surface area contributed by atoms with Crippen LogP contribution in [0.2, 0.25) is 0 Å². The summed E-state index contributed by atoms with van der Waals surface area (Å²) < 4.78 is 56.2. The molecule has 192 valence electrons. The van der Waals surface area contributed by atoms with Gasteiger partial charge in [0.2, 0.25) is 5.89 Å². The van der Waals surface area contributed by atoms with E-state index in [4.69, 9.17) is 13.9 Å². The summed E-state index contributed by atoms with van der Waals surface area (Å²) in [6.45, 7) is 2.38. The van der Waals surface area contributed by atoms with Crippen LogP contribution in [0.4, 0.5) is 13.2 Å². The van der Waals surface area contributed by atoms with Crippen molar-refractivity contribution in [2.75, 3.05) is 19.8 Å². The van der Waals surface area contributed by atoms with Gasteiger partial charge in [-0.15, -0.1) is 13.2 Å². The van der Waals surface area contributed by atoms with Gasteiger partial charge in [0.05, 0.1) is 13.2 Å². The summed E-state index contributed by atoms with van der Waals surface area (Å²) in [5.74, 6) is -0.282. The van der Waals surface area contributed by atoms with Gasteiger partial charge in [-0.2, -0.15) is 0 Å². The first kappa shape index (κ1) is 26.4. The molecule has 2 amide bonds. The average molecular weight is 507 g/mol. The van der Waals surface area contributed by atoms with Crippen molar-refractivity contribution in [1.82, 2.24) is 15.6 Å². The molecule has 36 heavy (non-hydrogen) atoms. The number of carbonyl (C=O) groups is 2. The van der Waals surface area contributed by atoms with Gasteiger partial charge in [0.1, 0.15) is 23.5 Å². The molecule has 3 rings (SSSR count). The number of oxazole rings is 1. The number of nitrogens with one attached hydrogen (secondary N) is 2. The van der Waals surface area contributed by atoms with E-state index in [1.807, 2.05) is 31.2 Å². The summed E-state index contributed by atoms with van der Waals surface area (Å²) in [5.41, 5.74) is 1.08. The van der Waals surface area contributed by atoms with Crippen LogP contribution in [0.1, 0.15) is 28.9 Å². The molecule has 0 aliphatic heterocycles. The molecule has 0 aliphatic rings. The van der Waals surface area contributed by atoms with Crippen molar-refractivity contribution in [3.8, 4) is 17.2 Å². The summed E-state index contributed by atoms with van der Waals surface area (Å²) in [6.07, 6.45) is -3.00. The fraction of sp³-hybridized carbons (Fsp3) is 0.292. The zero-order valence-electron chi connectivity index (χ0n) is 19.3. The maximum Gasteiger partial charge on any atom is 0.573 e. The first-order valence-corrected chi connectivity index (χ1v) is 10.9. The van der Waals surface area contributed by atoms with Crippen molar-refractivity contribution in [2.24, 2.45) is 0 Å². The van der Waals surface area contributed by atoms with Gasteiger partial charge >= 0.3 is 6.36 Å². The van der Waals surface area contributed by atoms with E-state index in [0.29, 0.717) is 19.6 Å². The van der Waals surface area contributed by atoms with Crippen LogP contribution in [0, 0.1) is 0 Å². The highest BCUT2D eigenvalue weighted by atomic mass is 19.4. The van der Waals surface area contributed by atoms with Crippen molar-refractivity contribution < 1.29 is 41.4 Å². The quantitative estimate of drug-likeness (QED) is 0.385. The Bertz CT molecular complexity index is 1150.